The van der Waals surface area contributed by atoms with Gasteiger partial charge in [0.1, 0.15) is 6.10 Å². The molecule has 1 aliphatic heterocycles. The minimum Gasteiger partial charge on any atom is -0.465 e. The maximum absolute atomic E-state index is 13.6. The molecule has 0 N–H and O–H groups in total. The summed E-state index contributed by atoms with van der Waals surface area (Å²) in [7, 11) is 1.32. The number of hydrogen-bond donors (Lipinski definition) is 0. The number of alkyl halides is 6. The van der Waals surface area contributed by atoms with Gasteiger partial charge >= 0.3 is 24.4 Å². The fourth-order valence-electron chi connectivity index (χ4n) is 6.45. The summed E-state index contributed by atoms with van der Waals surface area (Å²) >= 11 is 0. The van der Waals surface area contributed by atoms with Crippen molar-refractivity contribution in [2.24, 2.45) is 5.41 Å². The standard InChI is InChI=1S/C36H35F6NO4/c1-20-6-7-24(16-30(20)22-8-10-23(11-9-22)32(44)46-5)29-12-13-34(3,4)18-26(29)19-43-21(2)31(47-33(43)45)25-14-27(35(37,38)39)17-28(15-25)36(40,41)42/h6-11,14-17,21,31H,12-13,18-19H2,1-5H3/t21-,31-/m0/s1. The predicted molar refractivity (Wildman–Crippen MR) is 164 cm³/mol. The van der Waals surface area contributed by atoms with Crippen molar-refractivity contribution in [3.63, 3.8) is 0 Å². The Kier molecular flexibility index (Phi) is 8.98. The van der Waals surface area contributed by atoms with Crippen LogP contribution in [0.25, 0.3) is 16.7 Å². The van der Waals surface area contributed by atoms with E-state index in [0.717, 1.165) is 39.8 Å². The zero-order chi connectivity index (χ0) is 34.5. The lowest BCUT2D eigenvalue weighted by Crippen LogP contribution is -2.35. The molecule has 5 nitrogen and oxygen atoms in total. The molecular formula is C36H35F6NO4. The van der Waals surface area contributed by atoms with Gasteiger partial charge in [-0.3, -0.25) is 4.90 Å². The number of rotatable bonds is 6. The zero-order valence-corrected chi connectivity index (χ0v) is 26.6. The van der Waals surface area contributed by atoms with Crippen LogP contribution in [0.5, 0.6) is 0 Å². The van der Waals surface area contributed by atoms with E-state index >= 15 is 0 Å². The van der Waals surface area contributed by atoms with Crippen LogP contribution in [-0.2, 0) is 21.8 Å². The number of carbonyl (C=O) groups excluding carboxylic acids is 2. The van der Waals surface area contributed by atoms with Gasteiger partial charge in [-0.2, -0.15) is 26.3 Å². The number of allylic oxidation sites excluding steroid dienone is 1. The van der Waals surface area contributed by atoms with E-state index in [1.165, 1.54) is 12.0 Å². The maximum atomic E-state index is 13.6. The number of amides is 1. The first-order valence-electron chi connectivity index (χ1n) is 15.2. The summed E-state index contributed by atoms with van der Waals surface area (Å²) in [5.41, 5.74) is 2.81. The molecule has 2 atom stereocenters. The third kappa shape index (κ3) is 7.18. The second kappa shape index (κ2) is 12.4. The summed E-state index contributed by atoms with van der Waals surface area (Å²) < 4.78 is 91.7. The molecule has 0 spiro atoms. The van der Waals surface area contributed by atoms with Crippen molar-refractivity contribution in [2.75, 3.05) is 13.7 Å². The van der Waals surface area contributed by atoms with Crippen LogP contribution in [0.15, 0.2) is 66.2 Å². The van der Waals surface area contributed by atoms with E-state index in [0.29, 0.717) is 30.5 Å². The molecule has 2 aliphatic rings. The maximum Gasteiger partial charge on any atom is 0.416 e. The van der Waals surface area contributed by atoms with E-state index in [4.69, 9.17) is 9.47 Å². The van der Waals surface area contributed by atoms with Gasteiger partial charge in [-0.15, -0.1) is 0 Å². The molecule has 0 radical (unpaired) electrons. The number of hydrogen-bond acceptors (Lipinski definition) is 4. The molecule has 47 heavy (non-hydrogen) atoms. The minimum absolute atomic E-state index is 0.0627. The van der Waals surface area contributed by atoms with Gasteiger partial charge in [0.2, 0.25) is 0 Å². The van der Waals surface area contributed by atoms with Crippen molar-refractivity contribution >= 4 is 17.6 Å². The van der Waals surface area contributed by atoms with Gasteiger partial charge < -0.3 is 9.47 Å². The molecule has 0 aromatic heterocycles. The topological polar surface area (TPSA) is 55.8 Å². The fraction of sp³-hybridized carbons (Fsp3) is 0.389. The normalized spacial score (nSPS) is 20.0. The van der Waals surface area contributed by atoms with Crippen molar-refractivity contribution in [3.8, 4) is 11.1 Å². The van der Waals surface area contributed by atoms with E-state index < -0.39 is 47.7 Å². The summed E-state index contributed by atoms with van der Waals surface area (Å²) in [5, 5.41) is 0. The number of cyclic esters (lactones) is 1. The molecule has 1 fully saturated rings. The minimum atomic E-state index is -5.02. The summed E-state index contributed by atoms with van der Waals surface area (Å²) in [6, 6.07) is 13.6. The van der Waals surface area contributed by atoms with Crippen LogP contribution in [0, 0.1) is 12.3 Å². The van der Waals surface area contributed by atoms with E-state index in [1.54, 1.807) is 19.1 Å². The number of nitrogens with zero attached hydrogens (tertiary/aromatic N) is 1. The zero-order valence-electron chi connectivity index (χ0n) is 26.6. The van der Waals surface area contributed by atoms with Crippen LogP contribution in [-0.4, -0.2) is 36.7 Å². The third-order valence-corrected chi connectivity index (χ3v) is 9.07. The molecule has 3 aromatic carbocycles. The lowest BCUT2D eigenvalue weighted by molar-refractivity contribution is -0.143. The SMILES string of the molecule is COC(=O)c1ccc(-c2cc(C3=C(CN4C(=O)O[C@H](c5cc(C(F)(F)F)cc(C(F)(F)F)c5)[C@@H]4C)CC(C)(C)CC3)ccc2C)cc1. The molecule has 3 aromatic rings. The van der Waals surface area contributed by atoms with Gasteiger partial charge in [0.25, 0.3) is 0 Å². The lowest BCUT2D eigenvalue weighted by Gasteiger charge is -2.35. The Morgan fingerprint density at radius 1 is 0.936 bits per heavy atom. The third-order valence-electron chi connectivity index (χ3n) is 9.07. The molecule has 1 heterocycles. The highest BCUT2D eigenvalue weighted by atomic mass is 19.4. The first-order valence-corrected chi connectivity index (χ1v) is 15.2. The number of carbonyl (C=O) groups is 2. The number of methoxy groups -OCH3 is 1. The van der Waals surface area contributed by atoms with Gasteiger partial charge in [0.05, 0.1) is 29.8 Å². The van der Waals surface area contributed by atoms with Gasteiger partial charge in [0, 0.05) is 6.54 Å². The molecule has 0 bridgehead atoms. The summed E-state index contributed by atoms with van der Waals surface area (Å²) in [4.78, 5) is 26.5. The molecule has 0 saturated carbocycles. The van der Waals surface area contributed by atoms with Gasteiger partial charge in [-0.25, -0.2) is 9.59 Å². The van der Waals surface area contributed by atoms with E-state index in [9.17, 15) is 35.9 Å². The molecule has 0 unspecified atom stereocenters. The average Bonchev–Trinajstić information content (AvgIpc) is 3.28. The Balaban J connectivity index is 1.50. The number of ether oxygens (including phenoxy) is 2. The van der Waals surface area contributed by atoms with Crippen LogP contribution in [0.3, 0.4) is 0 Å². The first kappa shape index (κ1) is 34.1. The van der Waals surface area contributed by atoms with E-state index in [1.807, 2.05) is 31.2 Å². The molecule has 1 saturated heterocycles. The molecule has 1 aliphatic carbocycles. The Bertz CT molecular complexity index is 1690. The Hall–Kier alpha value is -4.28. The van der Waals surface area contributed by atoms with Gasteiger partial charge in [0.15, 0.2) is 0 Å². The quantitative estimate of drug-likeness (QED) is 0.195. The largest absolute Gasteiger partial charge is 0.465 e. The predicted octanol–water partition coefficient (Wildman–Crippen LogP) is 10.0. The van der Waals surface area contributed by atoms with Crippen LogP contribution in [0.4, 0.5) is 31.1 Å². The highest BCUT2D eigenvalue weighted by Crippen LogP contribution is 2.46. The van der Waals surface area contributed by atoms with Crippen molar-refractivity contribution in [3.05, 3.63) is 99.6 Å². The second-order valence-electron chi connectivity index (χ2n) is 13.0. The monoisotopic (exact) mass is 659 g/mol. The van der Waals surface area contributed by atoms with Crippen LogP contribution >= 0.6 is 0 Å². The number of esters is 1. The van der Waals surface area contributed by atoms with E-state index in [2.05, 4.69) is 19.9 Å². The number of halogens is 6. The molecule has 5 rings (SSSR count). The molecule has 250 valence electrons. The number of aryl methyl sites for hydroxylation is 1. The van der Waals surface area contributed by atoms with Crippen LogP contribution < -0.4 is 0 Å². The van der Waals surface area contributed by atoms with Gasteiger partial charge in [-0.1, -0.05) is 38.1 Å². The van der Waals surface area contributed by atoms with E-state index in [-0.39, 0.29) is 23.6 Å². The first-order chi connectivity index (χ1) is 21.9. The highest BCUT2D eigenvalue weighted by molar-refractivity contribution is 5.90. The van der Waals surface area contributed by atoms with Gasteiger partial charge in [-0.05, 0) is 114 Å². The summed E-state index contributed by atoms with van der Waals surface area (Å²) in [6.07, 6.45) is -9.98. The van der Waals surface area contributed by atoms with Crippen LogP contribution in [0.1, 0.15) is 84.3 Å². The fourth-order valence-corrected chi connectivity index (χ4v) is 6.45. The summed E-state index contributed by atoms with van der Waals surface area (Å²) in [5.74, 6) is -0.438. The highest BCUT2D eigenvalue weighted by Gasteiger charge is 2.44. The van der Waals surface area contributed by atoms with Crippen molar-refractivity contribution in [1.82, 2.24) is 4.90 Å². The molecule has 1 amide bonds. The van der Waals surface area contributed by atoms with Crippen molar-refractivity contribution in [2.45, 2.75) is 71.5 Å². The molecule has 11 heteroatoms. The number of benzene rings is 3. The Morgan fingerprint density at radius 3 is 2.11 bits per heavy atom. The van der Waals surface area contributed by atoms with Crippen molar-refractivity contribution < 1.29 is 45.4 Å². The summed E-state index contributed by atoms with van der Waals surface area (Å²) in [6.45, 7) is 7.88. The second-order valence-corrected chi connectivity index (χ2v) is 13.0. The van der Waals surface area contributed by atoms with Crippen molar-refractivity contribution in [1.29, 1.82) is 0 Å². The van der Waals surface area contributed by atoms with Crippen LogP contribution in [0.2, 0.25) is 0 Å². The lowest BCUT2D eigenvalue weighted by atomic mass is 9.72. The Morgan fingerprint density at radius 2 is 1.53 bits per heavy atom. The Labute approximate surface area is 269 Å². The average molecular weight is 660 g/mol. The smallest absolute Gasteiger partial charge is 0.416 e. The molecular weight excluding hydrogens is 624 g/mol.